The van der Waals surface area contributed by atoms with Crippen LogP contribution in [-0.2, 0) is 54.2 Å². The summed E-state index contributed by atoms with van der Waals surface area (Å²) in [6.45, 7) is 15.3. The number of carbonyl (C=O) groups excluding carboxylic acids is 4. The number of carbonyl (C=O) groups is 4. The fraction of sp³-hybridized carbons (Fsp3) is 0.688. The van der Waals surface area contributed by atoms with Crippen molar-refractivity contribution >= 4 is 29.5 Å². The van der Waals surface area contributed by atoms with Gasteiger partial charge < -0.3 is 48.2 Å². The van der Waals surface area contributed by atoms with Gasteiger partial charge in [-0.1, -0.05) is 45.0 Å². The molecule has 18 heteroatoms. The Bertz CT molecular complexity index is 1980. The molecule has 1 N–H and O–H groups in total. The number of cyclic esters (lactones) is 1. The van der Waals surface area contributed by atoms with Crippen LogP contribution < -0.4 is 0 Å². The number of hydrogen-bond donors (Lipinski definition) is 1. The Balaban J connectivity index is 1.62. The van der Waals surface area contributed by atoms with E-state index in [1.54, 1.807) is 77.0 Å². The molecule has 5 heterocycles. The summed E-state index contributed by atoms with van der Waals surface area (Å²) in [6, 6.07) is 7.55. The summed E-state index contributed by atoms with van der Waals surface area (Å²) >= 11 is 0. The fourth-order valence-electron chi connectivity index (χ4n) is 10.2. The van der Waals surface area contributed by atoms with Crippen LogP contribution in [0.1, 0.15) is 85.9 Å². The molecule has 3 aliphatic rings. The summed E-state index contributed by atoms with van der Waals surface area (Å²) in [7, 11) is 8.44. The molecule has 66 heavy (non-hydrogen) atoms. The van der Waals surface area contributed by atoms with Crippen LogP contribution in [0.3, 0.4) is 0 Å². The summed E-state index contributed by atoms with van der Waals surface area (Å²) in [6.07, 6.45) is -0.952. The summed E-state index contributed by atoms with van der Waals surface area (Å²) in [5.41, 5.74) is -1.95. The number of aliphatic hydroxyl groups excluding tert-OH is 1. The molecule has 0 aliphatic carbocycles. The molecule has 14 atom stereocenters. The molecular formula is C48H72N6O12. The van der Waals surface area contributed by atoms with Gasteiger partial charge in [-0.15, -0.1) is 0 Å². The second kappa shape index (κ2) is 22.5. The molecule has 3 fully saturated rings. The van der Waals surface area contributed by atoms with Crippen LogP contribution in [-0.4, -0.2) is 168 Å². The summed E-state index contributed by atoms with van der Waals surface area (Å²) < 4.78 is 38.6. The molecule has 0 saturated carbocycles. The molecule has 0 spiro atoms. The van der Waals surface area contributed by atoms with Crippen molar-refractivity contribution in [3.63, 3.8) is 0 Å². The number of hydrogen-bond acceptors (Lipinski definition) is 17. The van der Waals surface area contributed by atoms with Crippen LogP contribution in [0.25, 0.3) is 0 Å². The standard InChI is InChI=1S/C48H72N6O12/c1-14-36-48(8)41(54(46(59)66-48)23-22-53(11)27-33-18-17-20-49-26-33)30(4)38(55)28(2)25-47(7,60-12)42(65-45-39(56)35(52(9)10)24-29(3)62-45)31(5)40(32(6)43(57)63-36)64-44(58)37(51-61-13)34-19-15-16-21-50-34/h15-21,26,28-32,35-36,39-42,45,56H,14,22-25,27H2,1-13H3/b51-37+/t28-,29-,30+,31+,32-,35+,36-,39-,40+,41-,42-,45+,47-,48-/m1/s1. The number of nitrogens with zero attached hydrogens (tertiary/aromatic N) is 6. The van der Waals surface area contributed by atoms with Crippen molar-refractivity contribution in [2.24, 2.45) is 28.8 Å². The molecule has 0 aromatic carbocycles. The van der Waals surface area contributed by atoms with Gasteiger partial charge in [0.25, 0.3) is 0 Å². The molecular weight excluding hydrogens is 853 g/mol. The van der Waals surface area contributed by atoms with Crippen LogP contribution in [0.2, 0.25) is 0 Å². The fourth-order valence-corrected chi connectivity index (χ4v) is 10.2. The van der Waals surface area contributed by atoms with Crippen molar-refractivity contribution in [3.8, 4) is 0 Å². The minimum Gasteiger partial charge on any atom is -0.458 e. The van der Waals surface area contributed by atoms with E-state index in [1.807, 2.05) is 52.0 Å². The first-order valence-corrected chi connectivity index (χ1v) is 23.0. The SMILES string of the molecule is CC[C@H]1OC(=O)[C@H](C)[C@@H](OC(=O)/C(=N/OC)c2ccccn2)[C@H](C)[C@@H](O[C@@H]2O[C@H](C)C[C@H](N(C)C)[C@H]2O)[C@](C)(OC)C[C@@H](C)C(=O)[C@H](C)[C@H]2N(CCN(C)Cc3cccnc3)C(=O)O[C@]12C. The maximum Gasteiger partial charge on any atom is 0.410 e. The van der Waals surface area contributed by atoms with Crippen molar-refractivity contribution in [2.75, 3.05) is 48.5 Å². The lowest BCUT2D eigenvalue weighted by atomic mass is 9.73. The Labute approximate surface area is 389 Å². The minimum atomic E-state index is -1.48. The van der Waals surface area contributed by atoms with Crippen LogP contribution in [0.5, 0.6) is 0 Å². The van der Waals surface area contributed by atoms with Crippen molar-refractivity contribution in [3.05, 3.63) is 60.2 Å². The highest BCUT2D eigenvalue weighted by atomic mass is 16.7. The Morgan fingerprint density at radius 3 is 2.35 bits per heavy atom. The number of Topliss-reactive ketones (excluding diaryl/α,β-unsaturated/α-hetero) is 1. The molecule has 1 amide bonds. The second-order valence-corrected chi connectivity index (χ2v) is 18.9. The molecule has 3 saturated heterocycles. The predicted molar refractivity (Wildman–Crippen MR) is 243 cm³/mol. The first-order chi connectivity index (χ1) is 31.2. The van der Waals surface area contributed by atoms with Gasteiger partial charge in [-0.3, -0.25) is 24.5 Å². The van der Waals surface area contributed by atoms with Gasteiger partial charge >= 0.3 is 18.0 Å². The average molecular weight is 925 g/mol. The van der Waals surface area contributed by atoms with Crippen molar-refractivity contribution < 1.29 is 57.5 Å². The van der Waals surface area contributed by atoms with E-state index < -0.39 is 89.7 Å². The highest BCUT2D eigenvalue weighted by molar-refractivity contribution is 6.42. The van der Waals surface area contributed by atoms with Gasteiger partial charge in [0.15, 0.2) is 11.9 Å². The van der Waals surface area contributed by atoms with Crippen LogP contribution in [0.15, 0.2) is 54.1 Å². The lowest BCUT2D eigenvalue weighted by Crippen LogP contribution is -2.61. The van der Waals surface area contributed by atoms with E-state index in [-0.39, 0.29) is 48.7 Å². The van der Waals surface area contributed by atoms with E-state index in [0.29, 0.717) is 19.5 Å². The number of aliphatic hydroxyl groups is 1. The Morgan fingerprint density at radius 2 is 1.74 bits per heavy atom. The van der Waals surface area contributed by atoms with E-state index in [2.05, 4.69) is 20.0 Å². The zero-order valence-corrected chi connectivity index (χ0v) is 40.9. The third-order valence-electron chi connectivity index (χ3n) is 13.8. The first-order valence-electron chi connectivity index (χ1n) is 23.0. The number of pyridine rings is 2. The number of oxime groups is 1. The molecule has 2 aromatic heterocycles. The van der Waals surface area contributed by atoms with E-state index >= 15 is 4.79 Å². The number of rotatable bonds is 14. The quantitative estimate of drug-likeness (QED) is 0.120. The Hall–Kier alpha value is -4.59. The van der Waals surface area contributed by atoms with E-state index in [1.165, 1.54) is 20.4 Å². The van der Waals surface area contributed by atoms with Gasteiger partial charge in [0.1, 0.15) is 31.2 Å². The summed E-state index contributed by atoms with van der Waals surface area (Å²) in [4.78, 5) is 77.4. The molecule has 5 rings (SSSR count). The molecule has 366 valence electrons. The van der Waals surface area contributed by atoms with E-state index in [4.69, 9.17) is 33.3 Å². The van der Waals surface area contributed by atoms with E-state index in [9.17, 15) is 19.5 Å². The Morgan fingerprint density at radius 1 is 1.02 bits per heavy atom. The lowest BCUT2D eigenvalue weighted by molar-refractivity contribution is -0.301. The number of ether oxygens (including phenoxy) is 6. The first kappa shape index (κ1) is 52.4. The van der Waals surface area contributed by atoms with Gasteiger partial charge in [-0.2, -0.15) is 0 Å². The van der Waals surface area contributed by atoms with E-state index in [0.717, 1.165) is 5.56 Å². The summed E-state index contributed by atoms with van der Waals surface area (Å²) in [5, 5.41) is 15.7. The molecule has 18 nitrogen and oxygen atoms in total. The minimum absolute atomic E-state index is 0.0737. The Kier molecular flexibility index (Phi) is 17.8. The van der Waals surface area contributed by atoms with Gasteiger partial charge in [0.05, 0.1) is 35.5 Å². The highest BCUT2D eigenvalue weighted by Gasteiger charge is 2.60. The number of esters is 2. The van der Waals surface area contributed by atoms with Crippen LogP contribution in [0.4, 0.5) is 4.79 Å². The predicted octanol–water partition coefficient (Wildman–Crippen LogP) is 4.51. The highest BCUT2D eigenvalue weighted by Crippen LogP contribution is 2.44. The van der Waals surface area contributed by atoms with Gasteiger partial charge in [-0.25, -0.2) is 9.59 Å². The van der Waals surface area contributed by atoms with Gasteiger partial charge in [0, 0.05) is 69.1 Å². The molecule has 0 unspecified atom stereocenters. The number of fused-ring (bicyclic) bond motifs is 1. The number of methoxy groups -OCH3 is 1. The average Bonchev–Trinajstić information content (AvgIpc) is 3.56. The van der Waals surface area contributed by atoms with Crippen molar-refractivity contribution in [1.29, 1.82) is 0 Å². The normalized spacial score (nSPS) is 34.9. The zero-order valence-electron chi connectivity index (χ0n) is 40.9. The largest absolute Gasteiger partial charge is 0.458 e. The monoisotopic (exact) mass is 925 g/mol. The molecule has 2 aromatic rings. The maximum absolute atomic E-state index is 15.0. The van der Waals surface area contributed by atoms with Crippen molar-refractivity contribution in [2.45, 2.75) is 141 Å². The second-order valence-electron chi connectivity index (χ2n) is 18.9. The maximum atomic E-state index is 15.0. The number of likely N-dealkylation sites (N-methyl/N-ethyl adjacent to an activating group) is 2. The molecule has 0 radical (unpaired) electrons. The number of aromatic nitrogens is 2. The third-order valence-corrected chi connectivity index (χ3v) is 13.8. The molecule has 0 bridgehead atoms. The summed E-state index contributed by atoms with van der Waals surface area (Å²) in [5.74, 6) is -5.54. The number of amides is 1. The van der Waals surface area contributed by atoms with Gasteiger partial charge in [0.2, 0.25) is 5.71 Å². The van der Waals surface area contributed by atoms with Crippen LogP contribution >= 0.6 is 0 Å². The topological polar surface area (TPSA) is 201 Å². The zero-order chi connectivity index (χ0) is 48.7. The van der Waals surface area contributed by atoms with Crippen LogP contribution in [0, 0.1) is 23.7 Å². The van der Waals surface area contributed by atoms with Gasteiger partial charge in [-0.05, 0) is 91.9 Å². The van der Waals surface area contributed by atoms with Crippen molar-refractivity contribution in [1.82, 2.24) is 24.7 Å². The number of ketones is 1. The molecule has 3 aliphatic heterocycles. The lowest BCUT2D eigenvalue weighted by Gasteiger charge is -2.48. The third kappa shape index (κ3) is 11.6. The smallest absolute Gasteiger partial charge is 0.410 e.